The Morgan fingerprint density at radius 1 is 1.05 bits per heavy atom. The van der Waals surface area contributed by atoms with E-state index in [-0.39, 0.29) is 24.5 Å². The molecule has 2 rings (SSSR count). The highest BCUT2D eigenvalue weighted by Crippen LogP contribution is 2.21. The Morgan fingerprint density at radius 2 is 1.81 bits per heavy atom. The van der Waals surface area contributed by atoms with Crippen molar-refractivity contribution in [3.63, 3.8) is 0 Å². The van der Waals surface area contributed by atoms with Crippen LogP contribution in [0.25, 0.3) is 0 Å². The van der Waals surface area contributed by atoms with Crippen LogP contribution in [0, 0.1) is 0 Å². The molecule has 0 unspecified atom stereocenters. The van der Waals surface area contributed by atoms with Crippen LogP contribution in [0.5, 0.6) is 0 Å². The Labute approximate surface area is 136 Å². The maximum atomic E-state index is 12.0. The molecule has 0 aliphatic heterocycles. The van der Waals surface area contributed by atoms with Crippen LogP contribution in [0.15, 0.2) is 53.0 Å². The van der Waals surface area contributed by atoms with Gasteiger partial charge in [-0.1, -0.05) is 35.9 Å². The number of anilines is 1. The van der Waals surface area contributed by atoms with Crippen molar-refractivity contribution in [1.82, 2.24) is 0 Å². The number of carbonyl (C=O) groups excluding carboxylic acids is 2. The van der Waals surface area contributed by atoms with E-state index in [0.717, 1.165) is 4.47 Å². The van der Waals surface area contributed by atoms with Crippen molar-refractivity contribution >= 4 is 44.9 Å². The van der Waals surface area contributed by atoms with E-state index in [0.29, 0.717) is 16.3 Å². The molecule has 1 N–H and O–H groups in total. The number of halogens is 2. The van der Waals surface area contributed by atoms with Crippen LogP contribution in [0.2, 0.25) is 5.02 Å². The summed E-state index contributed by atoms with van der Waals surface area (Å²) in [7, 11) is 0. The topological polar surface area (TPSA) is 46.2 Å². The van der Waals surface area contributed by atoms with Gasteiger partial charge in [0.25, 0.3) is 0 Å². The van der Waals surface area contributed by atoms with Crippen LogP contribution in [0.3, 0.4) is 0 Å². The standard InChI is InChI=1S/C16H13BrClNO2/c17-13-6-1-2-7-14(13)19-16(21)9-8-15(20)11-4-3-5-12(18)10-11/h1-7,10H,8-9H2,(H,19,21). The van der Waals surface area contributed by atoms with Crippen LogP contribution in [-0.2, 0) is 4.79 Å². The highest BCUT2D eigenvalue weighted by Gasteiger charge is 2.10. The van der Waals surface area contributed by atoms with Crippen LogP contribution in [0.4, 0.5) is 5.69 Å². The van der Waals surface area contributed by atoms with E-state index in [1.165, 1.54) is 0 Å². The van der Waals surface area contributed by atoms with Crippen molar-refractivity contribution in [1.29, 1.82) is 0 Å². The predicted octanol–water partition coefficient (Wildman–Crippen LogP) is 4.70. The van der Waals surface area contributed by atoms with E-state index >= 15 is 0 Å². The molecule has 3 nitrogen and oxygen atoms in total. The molecule has 21 heavy (non-hydrogen) atoms. The Balaban J connectivity index is 1.90. The molecule has 0 saturated carbocycles. The Hall–Kier alpha value is -1.65. The third-order valence-electron chi connectivity index (χ3n) is 2.87. The third kappa shape index (κ3) is 4.69. The van der Waals surface area contributed by atoms with E-state index < -0.39 is 0 Å². The molecule has 0 spiro atoms. The van der Waals surface area contributed by atoms with Crippen LogP contribution in [-0.4, -0.2) is 11.7 Å². The lowest BCUT2D eigenvalue weighted by molar-refractivity contribution is -0.116. The van der Waals surface area contributed by atoms with Gasteiger partial charge in [-0.15, -0.1) is 0 Å². The van der Waals surface area contributed by atoms with E-state index in [9.17, 15) is 9.59 Å². The van der Waals surface area contributed by atoms with Crippen LogP contribution < -0.4 is 5.32 Å². The summed E-state index contributed by atoms with van der Waals surface area (Å²) in [6, 6.07) is 14.1. The number of ketones is 1. The van der Waals surface area contributed by atoms with Gasteiger partial charge in [0.15, 0.2) is 5.78 Å². The number of para-hydroxylation sites is 1. The molecule has 0 aliphatic carbocycles. The monoisotopic (exact) mass is 365 g/mol. The second-order valence-electron chi connectivity index (χ2n) is 4.46. The Kier molecular flexibility index (Phi) is 5.53. The summed E-state index contributed by atoms with van der Waals surface area (Å²) < 4.78 is 0.805. The van der Waals surface area contributed by atoms with Gasteiger partial charge >= 0.3 is 0 Å². The molecule has 0 saturated heterocycles. The quantitative estimate of drug-likeness (QED) is 0.779. The zero-order valence-corrected chi connectivity index (χ0v) is 13.4. The number of hydrogen-bond acceptors (Lipinski definition) is 2. The lowest BCUT2D eigenvalue weighted by Crippen LogP contribution is -2.13. The first kappa shape index (κ1) is 15.7. The average Bonchev–Trinajstić information content (AvgIpc) is 2.47. The Morgan fingerprint density at radius 3 is 2.52 bits per heavy atom. The molecule has 0 aromatic heterocycles. The second-order valence-corrected chi connectivity index (χ2v) is 5.75. The molecule has 0 radical (unpaired) electrons. The number of Topliss-reactive ketones (excluding diaryl/α,β-unsaturated/α-hetero) is 1. The second kappa shape index (κ2) is 7.38. The summed E-state index contributed by atoms with van der Waals surface area (Å²) in [5.41, 5.74) is 1.22. The van der Waals surface area contributed by atoms with E-state index in [1.54, 1.807) is 30.3 Å². The first-order valence-electron chi connectivity index (χ1n) is 6.39. The van der Waals surface area contributed by atoms with Gasteiger partial charge in [0.2, 0.25) is 5.91 Å². The number of hydrogen-bond donors (Lipinski definition) is 1. The Bertz CT molecular complexity index is 673. The molecule has 0 heterocycles. The number of carbonyl (C=O) groups is 2. The predicted molar refractivity (Wildman–Crippen MR) is 87.8 cm³/mol. The molecule has 2 aromatic rings. The highest BCUT2D eigenvalue weighted by molar-refractivity contribution is 9.10. The van der Waals surface area contributed by atoms with Gasteiger partial charge in [-0.25, -0.2) is 0 Å². The van der Waals surface area contributed by atoms with Crippen molar-refractivity contribution in [2.45, 2.75) is 12.8 Å². The summed E-state index contributed by atoms with van der Waals surface area (Å²) in [5.74, 6) is -0.294. The van der Waals surface area contributed by atoms with Crippen LogP contribution in [0.1, 0.15) is 23.2 Å². The average molecular weight is 367 g/mol. The van der Waals surface area contributed by atoms with Crippen molar-refractivity contribution < 1.29 is 9.59 Å². The maximum absolute atomic E-state index is 12.0. The first-order valence-corrected chi connectivity index (χ1v) is 7.56. The van der Waals surface area contributed by atoms with Gasteiger partial charge in [0.05, 0.1) is 5.69 Å². The maximum Gasteiger partial charge on any atom is 0.224 e. The molecule has 1 amide bonds. The zero-order valence-electron chi connectivity index (χ0n) is 11.1. The lowest BCUT2D eigenvalue weighted by Gasteiger charge is -2.07. The molecule has 0 fully saturated rings. The van der Waals surface area contributed by atoms with Crippen molar-refractivity contribution in [2.75, 3.05) is 5.32 Å². The smallest absolute Gasteiger partial charge is 0.224 e. The molecule has 0 atom stereocenters. The van der Waals surface area contributed by atoms with E-state index in [4.69, 9.17) is 11.6 Å². The summed E-state index contributed by atoms with van der Waals surface area (Å²) in [4.78, 5) is 23.8. The van der Waals surface area contributed by atoms with Gasteiger partial charge in [0.1, 0.15) is 0 Å². The summed E-state index contributed by atoms with van der Waals surface area (Å²) in [6.45, 7) is 0. The normalized spacial score (nSPS) is 10.2. The van der Waals surface area contributed by atoms with Crippen LogP contribution >= 0.6 is 27.5 Å². The molecule has 5 heteroatoms. The number of benzene rings is 2. The molecular weight excluding hydrogens is 354 g/mol. The lowest BCUT2D eigenvalue weighted by atomic mass is 10.1. The van der Waals surface area contributed by atoms with Gasteiger partial charge in [-0.05, 0) is 40.2 Å². The van der Waals surface area contributed by atoms with Gasteiger partial charge in [-0.3, -0.25) is 9.59 Å². The zero-order chi connectivity index (χ0) is 15.2. The molecule has 0 aliphatic rings. The minimum absolute atomic E-state index is 0.0974. The molecule has 0 bridgehead atoms. The van der Waals surface area contributed by atoms with E-state index in [1.807, 2.05) is 18.2 Å². The molecular formula is C16H13BrClNO2. The fourth-order valence-electron chi connectivity index (χ4n) is 1.81. The van der Waals surface area contributed by atoms with Crippen molar-refractivity contribution in [3.8, 4) is 0 Å². The summed E-state index contributed by atoms with van der Waals surface area (Å²) in [5, 5.41) is 3.28. The van der Waals surface area contributed by atoms with Crippen molar-refractivity contribution in [3.05, 3.63) is 63.6 Å². The minimum Gasteiger partial charge on any atom is -0.325 e. The molecule has 108 valence electrons. The fourth-order valence-corrected chi connectivity index (χ4v) is 2.38. The number of amides is 1. The minimum atomic E-state index is -0.197. The SMILES string of the molecule is O=C(CCC(=O)c1cccc(Cl)c1)Nc1ccccc1Br. The third-order valence-corrected chi connectivity index (χ3v) is 3.80. The molecule has 2 aromatic carbocycles. The summed E-state index contributed by atoms with van der Waals surface area (Å²) in [6.07, 6.45) is 0.281. The van der Waals surface area contributed by atoms with E-state index in [2.05, 4.69) is 21.2 Å². The van der Waals surface area contributed by atoms with Crippen molar-refractivity contribution in [2.24, 2.45) is 0 Å². The van der Waals surface area contributed by atoms with Gasteiger partial charge in [0, 0.05) is 27.9 Å². The first-order chi connectivity index (χ1) is 10.1. The fraction of sp³-hybridized carbons (Fsp3) is 0.125. The largest absolute Gasteiger partial charge is 0.325 e. The number of nitrogens with one attached hydrogen (secondary N) is 1. The van der Waals surface area contributed by atoms with Gasteiger partial charge in [-0.2, -0.15) is 0 Å². The highest BCUT2D eigenvalue weighted by atomic mass is 79.9. The summed E-state index contributed by atoms with van der Waals surface area (Å²) >= 11 is 9.19. The van der Waals surface area contributed by atoms with Gasteiger partial charge < -0.3 is 5.32 Å². The number of rotatable bonds is 5.